The van der Waals surface area contributed by atoms with E-state index in [2.05, 4.69) is 15.9 Å². The fourth-order valence-corrected chi connectivity index (χ4v) is 1.70. The summed E-state index contributed by atoms with van der Waals surface area (Å²) in [4.78, 5) is 13.2. The van der Waals surface area contributed by atoms with Gasteiger partial charge in [-0.2, -0.15) is 0 Å². The zero-order valence-electron chi connectivity index (χ0n) is 11.0. The number of ether oxygens (including phenoxy) is 1. The van der Waals surface area contributed by atoms with Gasteiger partial charge in [0.2, 0.25) is 0 Å². The van der Waals surface area contributed by atoms with Gasteiger partial charge in [0.25, 0.3) is 0 Å². The third-order valence-corrected chi connectivity index (χ3v) is 2.89. The van der Waals surface area contributed by atoms with E-state index in [0.717, 1.165) is 4.47 Å². The summed E-state index contributed by atoms with van der Waals surface area (Å²) in [5, 5.41) is 0. The minimum Gasteiger partial charge on any atom is -0.444 e. The molecule has 1 aromatic carbocycles. The van der Waals surface area contributed by atoms with Gasteiger partial charge in [0.15, 0.2) is 0 Å². The first-order valence-electron chi connectivity index (χ1n) is 5.57. The number of amides is 1. The van der Waals surface area contributed by atoms with Gasteiger partial charge in [0.1, 0.15) is 11.4 Å². The van der Waals surface area contributed by atoms with E-state index in [9.17, 15) is 9.18 Å². The Morgan fingerprint density at radius 1 is 1.44 bits per heavy atom. The van der Waals surface area contributed by atoms with Crippen LogP contribution in [0.15, 0.2) is 22.7 Å². The summed E-state index contributed by atoms with van der Waals surface area (Å²) >= 11 is 3.32. The summed E-state index contributed by atoms with van der Waals surface area (Å²) in [6, 6.07) is 4.37. The number of hydrogen-bond donors (Lipinski definition) is 0. The molecule has 1 rings (SSSR count). The number of nitrogens with zero attached hydrogens (tertiary/aromatic N) is 1. The molecule has 0 aromatic heterocycles. The van der Waals surface area contributed by atoms with Gasteiger partial charge in [-0.05, 0) is 44.5 Å². The van der Waals surface area contributed by atoms with Crippen molar-refractivity contribution in [3.63, 3.8) is 0 Å². The van der Waals surface area contributed by atoms with Crippen LogP contribution in [0.3, 0.4) is 0 Å². The number of halogens is 2. The second-order valence-corrected chi connectivity index (χ2v) is 5.93. The van der Waals surface area contributed by atoms with Crippen LogP contribution in [0.4, 0.5) is 9.18 Å². The third kappa shape index (κ3) is 4.64. The molecule has 0 unspecified atom stereocenters. The molecule has 5 heteroatoms. The van der Waals surface area contributed by atoms with Crippen LogP contribution >= 0.6 is 15.9 Å². The molecule has 0 N–H and O–H groups in total. The fraction of sp³-hybridized carbons (Fsp3) is 0.462. The highest BCUT2D eigenvalue weighted by Gasteiger charge is 2.20. The lowest BCUT2D eigenvalue weighted by molar-refractivity contribution is 0.0284. The van der Waals surface area contributed by atoms with Crippen molar-refractivity contribution in [3.05, 3.63) is 34.1 Å². The van der Waals surface area contributed by atoms with E-state index < -0.39 is 11.7 Å². The molecular formula is C13H17BrFNO2. The maximum Gasteiger partial charge on any atom is 0.410 e. The van der Waals surface area contributed by atoms with Crippen molar-refractivity contribution in [2.75, 3.05) is 7.05 Å². The summed E-state index contributed by atoms with van der Waals surface area (Å²) in [5.41, 5.74) is 0.160. The van der Waals surface area contributed by atoms with Crippen molar-refractivity contribution >= 4 is 22.0 Å². The van der Waals surface area contributed by atoms with Crippen LogP contribution in [0.2, 0.25) is 0 Å². The van der Waals surface area contributed by atoms with Gasteiger partial charge in [-0.25, -0.2) is 9.18 Å². The molecule has 0 bridgehead atoms. The molecule has 18 heavy (non-hydrogen) atoms. The van der Waals surface area contributed by atoms with Crippen LogP contribution in [-0.4, -0.2) is 23.6 Å². The molecule has 100 valence electrons. The van der Waals surface area contributed by atoms with Crippen molar-refractivity contribution < 1.29 is 13.9 Å². The first kappa shape index (κ1) is 15.0. The second kappa shape index (κ2) is 5.69. The van der Waals surface area contributed by atoms with E-state index >= 15 is 0 Å². The number of carbonyl (C=O) groups excluding carboxylic acids is 1. The second-order valence-electron chi connectivity index (χ2n) is 5.07. The van der Waals surface area contributed by atoms with E-state index in [1.165, 1.54) is 17.0 Å². The Morgan fingerprint density at radius 2 is 2.06 bits per heavy atom. The number of rotatable bonds is 2. The molecular weight excluding hydrogens is 301 g/mol. The number of carbonyl (C=O) groups is 1. The van der Waals surface area contributed by atoms with Crippen LogP contribution in [0.1, 0.15) is 26.3 Å². The summed E-state index contributed by atoms with van der Waals surface area (Å²) < 4.78 is 19.1. The molecule has 0 aliphatic carbocycles. The van der Waals surface area contributed by atoms with E-state index in [-0.39, 0.29) is 12.4 Å². The lowest BCUT2D eigenvalue weighted by Crippen LogP contribution is -2.33. The van der Waals surface area contributed by atoms with Crippen molar-refractivity contribution in [1.29, 1.82) is 0 Å². The van der Waals surface area contributed by atoms with E-state index in [1.807, 2.05) is 0 Å². The lowest BCUT2D eigenvalue weighted by atomic mass is 10.2. The topological polar surface area (TPSA) is 29.5 Å². The zero-order chi connectivity index (χ0) is 13.9. The quantitative estimate of drug-likeness (QED) is 0.826. The molecule has 3 nitrogen and oxygen atoms in total. The van der Waals surface area contributed by atoms with E-state index in [0.29, 0.717) is 5.56 Å². The Bertz CT molecular complexity index is 443. The van der Waals surface area contributed by atoms with Crippen molar-refractivity contribution in [1.82, 2.24) is 4.90 Å². The van der Waals surface area contributed by atoms with Crippen LogP contribution in [-0.2, 0) is 11.3 Å². The van der Waals surface area contributed by atoms with E-state index in [4.69, 9.17) is 4.74 Å². The maximum absolute atomic E-state index is 13.1. The van der Waals surface area contributed by atoms with Crippen LogP contribution in [0, 0.1) is 5.82 Å². The van der Waals surface area contributed by atoms with Crippen LogP contribution < -0.4 is 0 Å². The third-order valence-electron chi connectivity index (χ3n) is 2.12. The highest BCUT2D eigenvalue weighted by Crippen LogP contribution is 2.20. The van der Waals surface area contributed by atoms with Gasteiger partial charge in [0, 0.05) is 18.1 Å². The Labute approximate surface area is 115 Å². The van der Waals surface area contributed by atoms with Crippen molar-refractivity contribution in [2.24, 2.45) is 0 Å². The number of benzene rings is 1. The molecule has 0 atom stereocenters. The van der Waals surface area contributed by atoms with Crippen LogP contribution in [0.5, 0.6) is 0 Å². The monoisotopic (exact) mass is 317 g/mol. The Morgan fingerprint density at radius 3 is 2.61 bits per heavy atom. The molecule has 0 heterocycles. The molecule has 0 fully saturated rings. The standard InChI is InChI=1S/C13H17BrFNO2/c1-13(2,3)18-12(17)16(4)8-9-7-10(15)5-6-11(9)14/h5-7H,8H2,1-4H3. The van der Waals surface area contributed by atoms with Crippen molar-refractivity contribution in [2.45, 2.75) is 32.9 Å². The van der Waals surface area contributed by atoms with Gasteiger partial charge in [0.05, 0.1) is 0 Å². The molecule has 1 amide bonds. The minimum absolute atomic E-state index is 0.285. The molecule has 0 spiro atoms. The largest absolute Gasteiger partial charge is 0.444 e. The minimum atomic E-state index is -0.537. The van der Waals surface area contributed by atoms with Gasteiger partial charge in [-0.15, -0.1) is 0 Å². The SMILES string of the molecule is CN(Cc1cc(F)ccc1Br)C(=O)OC(C)(C)C. The molecule has 0 aliphatic rings. The van der Waals surface area contributed by atoms with Gasteiger partial charge in [-0.1, -0.05) is 15.9 Å². The summed E-state index contributed by atoms with van der Waals surface area (Å²) in [6.07, 6.45) is -0.432. The lowest BCUT2D eigenvalue weighted by Gasteiger charge is -2.25. The predicted octanol–water partition coefficient (Wildman–Crippen LogP) is 3.96. The first-order chi connectivity index (χ1) is 8.19. The van der Waals surface area contributed by atoms with Gasteiger partial charge < -0.3 is 9.64 Å². The molecule has 0 saturated heterocycles. The fourth-order valence-electron chi connectivity index (χ4n) is 1.32. The predicted molar refractivity (Wildman–Crippen MR) is 71.8 cm³/mol. The van der Waals surface area contributed by atoms with E-state index in [1.54, 1.807) is 33.9 Å². The molecule has 0 aliphatic heterocycles. The Balaban J connectivity index is 2.72. The van der Waals surface area contributed by atoms with Gasteiger partial charge in [-0.3, -0.25) is 0 Å². The normalized spacial score (nSPS) is 11.2. The summed E-state index contributed by atoms with van der Waals surface area (Å²) in [7, 11) is 1.62. The summed E-state index contributed by atoms with van der Waals surface area (Å²) in [5.74, 6) is -0.328. The zero-order valence-corrected chi connectivity index (χ0v) is 12.5. The average Bonchev–Trinajstić information content (AvgIpc) is 2.21. The first-order valence-corrected chi connectivity index (χ1v) is 6.36. The molecule has 0 saturated carbocycles. The highest BCUT2D eigenvalue weighted by molar-refractivity contribution is 9.10. The van der Waals surface area contributed by atoms with Gasteiger partial charge >= 0.3 is 6.09 Å². The smallest absolute Gasteiger partial charge is 0.410 e. The summed E-state index contributed by atoms with van der Waals surface area (Å²) in [6.45, 7) is 5.69. The Kier molecular flexibility index (Phi) is 4.73. The highest BCUT2D eigenvalue weighted by atomic mass is 79.9. The Hall–Kier alpha value is -1.10. The average molecular weight is 318 g/mol. The number of hydrogen-bond acceptors (Lipinski definition) is 2. The molecule has 0 radical (unpaired) electrons. The van der Waals surface area contributed by atoms with Crippen LogP contribution in [0.25, 0.3) is 0 Å². The van der Waals surface area contributed by atoms with Crippen molar-refractivity contribution in [3.8, 4) is 0 Å². The molecule has 1 aromatic rings. The maximum atomic E-state index is 13.1.